The summed E-state index contributed by atoms with van der Waals surface area (Å²) in [5.74, 6) is 3.51. The number of rotatable bonds is 0. The molecule has 0 fully saturated rings. The summed E-state index contributed by atoms with van der Waals surface area (Å²) >= 11 is 0. The molecule has 1 N–H and O–H groups in total. The van der Waals surface area contributed by atoms with Gasteiger partial charge in [0.25, 0.3) is 0 Å². The van der Waals surface area contributed by atoms with Gasteiger partial charge in [-0.1, -0.05) is 0 Å². The van der Waals surface area contributed by atoms with Crippen molar-refractivity contribution < 1.29 is 23.8 Å². The minimum atomic E-state index is 0.318. The first-order valence-corrected chi connectivity index (χ1v) is 8.28. The average molecular weight is 322 g/mol. The molecule has 0 saturated carbocycles. The number of ether oxygens (including phenoxy) is 4. The van der Waals surface area contributed by atoms with Gasteiger partial charge < -0.3 is 18.9 Å². The van der Waals surface area contributed by atoms with E-state index < -0.39 is 0 Å². The third kappa shape index (κ3) is 1.62. The van der Waals surface area contributed by atoms with Crippen molar-refractivity contribution in [3.05, 3.63) is 46.5 Å². The van der Waals surface area contributed by atoms with Crippen molar-refractivity contribution in [2.24, 2.45) is 0 Å². The van der Waals surface area contributed by atoms with Crippen LogP contribution < -0.4 is 23.8 Å². The molecule has 0 spiro atoms. The molecule has 0 bridgehead atoms. The summed E-state index contributed by atoms with van der Waals surface area (Å²) in [7, 11) is 0. The molecular formula is C19H16NO4+. The van der Waals surface area contributed by atoms with E-state index in [1.165, 1.54) is 32.9 Å². The number of benzene rings is 2. The van der Waals surface area contributed by atoms with E-state index in [-0.39, 0.29) is 0 Å². The molecule has 0 saturated heterocycles. The van der Waals surface area contributed by atoms with E-state index >= 15 is 0 Å². The van der Waals surface area contributed by atoms with Crippen LogP contribution in [-0.4, -0.2) is 20.1 Å². The largest absolute Gasteiger partial charge is 0.454 e. The normalized spacial score (nSPS) is 21.7. The highest BCUT2D eigenvalue weighted by Crippen LogP contribution is 2.42. The molecule has 24 heavy (non-hydrogen) atoms. The molecule has 120 valence electrons. The third-order valence-corrected chi connectivity index (χ3v) is 5.33. The zero-order valence-electron chi connectivity index (χ0n) is 13.1. The summed E-state index contributed by atoms with van der Waals surface area (Å²) in [5.41, 5.74) is 6.45. The summed E-state index contributed by atoms with van der Waals surface area (Å²) in [6.07, 6.45) is 3.32. The lowest BCUT2D eigenvalue weighted by atomic mass is 10.0. The molecular weight excluding hydrogens is 306 g/mol. The fourth-order valence-corrected chi connectivity index (χ4v) is 4.15. The van der Waals surface area contributed by atoms with Crippen molar-refractivity contribution in [1.29, 1.82) is 0 Å². The quantitative estimate of drug-likeness (QED) is 0.800. The van der Waals surface area contributed by atoms with Crippen LogP contribution in [-0.2, 0) is 13.0 Å². The van der Waals surface area contributed by atoms with Crippen LogP contribution in [0.1, 0.15) is 22.3 Å². The van der Waals surface area contributed by atoms with Crippen molar-refractivity contribution in [2.75, 3.05) is 20.1 Å². The van der Waals surface area contributed by atoms with Gasteiger partial charge in [0.15, 0.2) is 23.0 Å². The van der Waals surface area contributed by atoms with Crippen LogP contribution in [0.5, 0.6) is 23.0 Å². The number of hydrogen-bond donors (Lipinski definition) is 1. The molecule has 4 aliphatic rings. The number of nitrogens with one attached hydrogen (secondary N) is 1. The molecule has 0 aromatic heterocycles. The maximum absolute atomic E-state index is 5.71. The van der Waals surface area contributed by atoms with Gasteiger partial charge in [-0.05, 0) is 35.4 Å². The summed E-state index contributed by atoms with van der Waals surface area (Å²) in [6.45, 7) is 2.65. The molecule has 2 aromatic rings. The van der Waals surface area contributed by atoms with Gasteiger partial charge in [-0.3, -0.25) is 4.90 Å². The van der Waals surface area contributed by atoms with Crippen LogP contribution in [0.4, 0.5) is 0 Å². The minimum Gasteiger partial charge on any atom is -0.454 e. The maximum atomic E-state index is 5.71. The Morgan fingerprint density at radius 3 is 2.67 bits per heavy atom. The number of quaternary nitrogens is 1. The van der Waals surface area contributed by atoms with Crippen LogP contribution in [0, 0.1) is 0 Å². The van der Waals surface area contributed by atoms with Gasteiger partial charge in [-0.2, -0.15) is 0 Å². The van der Waals surface area contributed by atoms with E-state index in [0.29, 0.717) is 13.6 Å². The van der Waals surface area contributed by atoms with E-state index in [9.17, 15) is 0 Å². The molecule has 5 nitrogen and oxygen atoms in total. The third-order valence-electron chi connectivity index (χ3n) is 5.33. The van der Waals surface area contributed by atoms with Gasteiger partial charge in [0.2, 0.25) is 13.6 Å². The van der Waals surface area contributed by atoms with E-state index in [1.807, 2.05) is 6.07 Å². The number of fused-ring (bicyclic) bond motifs is 7. The Labute approximate surface area is 139 Å². The molecule has 0 aliphatic carbocycles. The van der Waals surface area contributed by atoms with Crippen LogP contribution in [0.25, 0.3) is 11.8 Å². The summed E-state index contributed by atoms with van der Waals surface area (Å²) in [6, 6.07) is 8.44. The highest BCUT2D eigenvalue weighted by atomic mass is 16.7. The second-order valence-corrected chi connectivity index (χ2v) is 6.57. The summed E-state index contributed by atoms with van der Waals surface area (Å²) in [5, 5.41) is 0. The Morgan fingerprint density at radius 2 is 1.71 bits per heavy atom. The van der Waals surface area contributed by atoms with Gasteiger partial charge in [-0.15, -0.1) is 0 Å². The second-order valence-electron chi connectivity index (χ2n) is 6.57. The molecule has 2 aromatic carbocycles. The monoisotopic (exact) mass is 322 g/mol. The molecule has 4 heterocycles. The van der Waals surface area contributed by atoms with Crippen molar-refractivity contribution in [3.63, 3.8) is 0 Å². The van der Waals surface area contributed by atoms with E-state index in [1.54, 1.807) is 0 Å². The zero-order valence-corrected chi connectivity index (χ0v) is 13.1. The molecule has 6 rings (SSSR count). The van der Waals surface area contributed by atoms with Crippen molar-refractivity contribution in [2.45, 2.75) is 13.0 Å². The van der Waals surface area contributed by atoms with Crippen molar-refractivity contribution >= 4 is 11.8 Å². The van der Waals surface area contributed by atoms with Gasteiger partial charge in [-0.25, -0.2) is 0 Å². The lowest BCUT2D eigenvalue weighted by Crippen LogP contribution is -3.06. The van der Waals surface area contributed by atoms with Gasteiger partial charge in [0, 0.05) is 18.1 Å². The first-order valence-electron chi connectivity index (χ1n) is 8.28. The Kier molecular flexibility index (Phi) is 2.36. The van der Waals surface area contributed by atoms with Crippen LogP contribution in [0.15, 0.2) is 24.3 Å². The topological polar surface area (TPSA) is 41.4 Å². The van der Waals surface area contributed by atoms with Gasteiger partial charge >= 0.3 is 0 Å². The van der Waals surface area contributed by atoms with Crippen LogP contribution in [0.2, 0.25) is 0 Å². The minimum absolute atomic E-state index is 0.318. The van der Waals surface area contributed by atoms with Crippen molar-refractivity contribution in [3.8, 4) is 23.0 Å². The standard InChI is InChI=1S/C19H15NO4/c1-2-16-19(24-10-21-16)14-8-20-4-3-11-6-17-18(23-9-22-17)7-12(11)5-15(20)13(1)14/h1-2,5-7H,3-4,8-10H2/p+1. The number of hydrogen-bond acceptors (Lipinski definition) is 4. The molecule has 5 heteroatoms. The van der Waals surface area contributed by atoms with Crippen LogP contribution in [0.3, 0.4) is 0 Å². The molecule has 0 radical (unpaired) electrons. The second kappa shape index (κ2) is 4.45. The highest BCUT2D eigenvalue weighted by Gasteiger charge is 2.36. The first kappa shape index (κ1) is 12.7. The predicted octanol–water partition coefficient (Wildman–Crippen LogP) is 1.60. The van der Waals surface area contributed by atoms with E-state index in [2.05, 4.69) is 24.3 Å². The SMILES string of the molecule is C1=C2c3ccc4c(c3C[NH+]2CCc2cc3c(cc21)OCO3)OCO4. The first-order chi connectivity index (χ1) is 11.9. The Morgan fingerprint density at radius 1 is 0.875 bits per heavy atom. The predicted molar refractivity (Wildman–Crippen MR) is 86.2 cm³/mol. The van der Waals surface area contributed by atoms with Gasteiger partial charge in [0.1, 0.15) is 12.2 Å². The zero-order chi connectivity index (χ0) is 15.7. The lowest BCUT2D eigenvalue weighted by molar-refractivity contribution is -0.834. The summed E-state index contributed by atoms with van der Waals surface area (Å²) in [4.78, 5) is 1.48. The van der Waals surface area contributed by atoms with E-state index in [0.717, 1.165) is 42.5 Å². The molecule has 4 aliphatic heterocycles. The van der Waals surface area contributed by atoms with E-state index in [4.69, 9.17) is 18.9 Å². The highest BCUT2D eigenvalue weighted by molar-refractivity contribution is 5.83. The Hall–Kier alpha value is -2.66. The van der Waals surface area contributed by atoms with Crippen molar-refractivity contribution in [1.82, 2.24) is 0 Å². The fourth-order valence-electron chi connectivity index (χ4n) is 4.15. The molecule has 0 amide bonds. The average Bonchev–Trinajstić information content (AvgIpc) is 3.28. The van der Waals surface area contributed by atoms with Crippen LogP contribution >= 0.6 is 0 Å². The fraction of sp³-hybridized carbons (Fsp3) is 0.263. The van der Waals surface area contributed by atoms with Gasteiger partial charge in [0.05, 0.1) is 12.1 Å². The molecule has 1 atom stereocenters. The Bertz CT molecular complexity index is 918. The smallest absolute Gasteiger partial charge is 0.231 e. The summed E-state index contributed by atoms with van der Waals surface area (Å²) < 4.78 is 22.3. The Balaban J connectivity index is 1.52. The molecule has 1 unspecified atom stereocenters. The lowest BCUT2D eigenvalue weighted by Gasteiger charge is -2.11. The maximum Gasteiger partial charge on any atom is 0.231 e.